The lowest BCUT2D eigenvalue weighted by atomic mass is 10.0. The fraction of sp³-hybridized carbons (Fsp3) is 0.200. The van der Waals surface area contributed by atoms with Gasteiger partial charge in [-0.15, -0.1) is 11.8 Å². The highest BCUT2D eigenvalue weighted by molar-refractivity contribution is 9.10. The van der Waals surface area contributed by atoms with Crippen molar-refractivity contribution in [3.8, 4) is 0 Å². The van der Waals surface area contributed by atoms with Crippen LogP contribution in [0.15, 0.2) is 56.7 Å². The van der Waals surface area contributed by atoms with Gasteiger partial charge in [-0.1, -0.05) is 22.0 Å². The van der Waals surface area contributed by atoms with E-state index in [0.717, 1.165) is 10.6 Å². The van der Waals surface area contributed by atoms with Crippen LogP contribution in [0.1, 0.15) is 18.0 Å². The minimum absolute atomic E-state index is 0.193. The van der Waals surface area contributed by atoms with Gasteiger partial charge in [-0.05, 0) is 54.1 Å². The fourth-order valence-corrected chi connectivity index (χ4v) is 5.33. The lowest BCUT2D eigenvalue weighted by Crippen LogP contribution is -2.30. The summed E-state index contributed by atoms with van der Waals surface area (Å²) in [5.74, 6) is 0.442. The summed E-state index contributed by atoms with van der Waals surface area (Å²) in [4.78, 5) is 1.12. The van der Waals surface area contributed by atoms with E-state index in [1.807, 2.05) is 0 Å². The first-order valence-electron chi connectivity index (χ1n) is 6.66. The van der Waals surface area contributed by atoms with Crippen LogP contribution in [0.5, 0.6) is 0 Å². The van der Waals surface area contributed by atoms with Gasteiger partial charge in [0.25, 0.3) is 0 Å². The number of thioether (sulfide) groups is 1. The summed E-state index contributed by atoms with van der Waals surface area (Å²) < 4.78 is 41.9. The molecule has 0 aromatic heterocycles. The Hall–Kier alpha value is -0.890. The first kappa shape index (κ1) is 16.0. The monoisotopic (exact) mass is 401 g/mol. The summed E-state index contributed by atoms with van der Waals surface area (Å²) in [6.45, 7) is 0. The maximum absolute atomic E-state index is 13.5. The molecule has 0 aliphatic carbocycles. The van der Waals surface area contributed by atoms with E-state index in [4.69, 9.17) is 0 Å². The van der Waals surface area contributed by atoms with E-state index in [9.17, 15) is 12.8 Å². The second kappa shape index (κ2) is 6.31. The molecule has 0 radical (unpaired) electrons. The molecule has 22 heavy (non-hydrogen) atoms. The maximum atomic E-state index is 13.5. The first-order chi connectivity index (χ1) is 10.5. The summed E-state index contributed by atoms with van der Waals surface area (Å²) in [5.41, 5.74) is 0.704. The molecule has 1 aliphatic heterocycles. The average molecular weight is 402 g/mol. The van der Waals surface area contributed by atoms with Crippen LogP contribution in [0.3, 0.4) is 0 Å². The van der Waals surface area contributed by atoms with Crippen molar-refractivity contribution >= 4 is 37.7 Å². The molecular weight excluding hydrogens is 389 g/mol. The number of fused-ring (bicyclic) bond motifs is 1. The topological polar surface area (TPSA) is 46.2 Å². The van der Waals surface area contributed by atoms with Crippen molar-refractivity contribution in [3.63, 3.8) is 0 Å². The first-order valence-corrected chi connectivity index (χ1v) is 9.92. The standard InChI is InChI=1S/C15H13BrFNO2S2/c16-10-2-1-3-12(8-10)22(19,20)18-14-6-7-21-15-5-4-11(17)9-13(14)15/h1-5,8-9,14,18H,6-7H2/t14-/m0/s1. The normalized spacial score (nSPS) is 18.0. The molecular formula is C15H13BrFNO2S2. The van der Waals surface area contributed by atoms with Crippen LogP contribution in [0.4, 0.5) is 4.39 Å². The van der Waals surface area contributed by atoms with Crippen molar-refractivity contribution in [2.75, 3.05) is 5.75 Å². The molecule has 1 N–H and O–H groups in total. The second-order valence-corrected chi connectivity index (χ2v) is 8.72. The quantitative estimate of drug-likeness (QED) is 0.841. The number of nitrogens with one attached hydrogen (secondary N) is 1. The van der Waals surface area contributed by atoms with Crippen molar-refractivity contribution in [1.82, 2.24) is 4.72 Å². The van der Waals surface area contributed by atoms with Crippen LogP contribution in [-0.2, 0) is 10.0 Å². The van der Waals surface area contributed by atoms with E-state index in [-0.39, 0.29) is 10.7 Å². The zero-order valence-electron chi connectivity index (χ0n) is 11.4. The highest BCUT2D eigenvalue weighted by Crippen LogP contribution is 2.37. The minimum Gasteiger partial charge on any atom is -0.207 e. The van der Waals surface area contributed by atoms with Crippen molar-refractivity contribution in [2.45, 2.75) is 22.3 Å². The smallest absolute Gasteiger partial charge is 0.207 e. The summed E-state index contributed by atoms with van der Waals surface area (Å²) >= 11 is 4.89. The number of halogens is 2. The molecule has 1 heterocycles. The Morgan fingerprint density at radius 3 is 2.82 bits per heavy atom. The van der Waals surface area contributed by atoms with Crippen molar-refractivity contribution < 1.29 is 12.8 Å². The van der Waals surface area contributed by atoms with Crippen molar-refractivity contribution in [1.29, 1.82) is 0 Å². The van der Waals surface area contributed by atoms with Gasteiger partial charge < -0.3 is 0 Å². The summed E-state index contributed by atoms with van der Waals surface area (Å²) in [7, 11) is -3.65. The average Bonchev–Trinajstić information content (AvgIpc) is 2.48. The van der Waals surface area contributed by atoms with E-state index in [2.05, 4.69) is 20.7 Å². The molecule has 0 saturated carbocycles. The van der Waals surface area contributed by atoms with Gasteiger partial charge in [0.1, 0.15) is 5.82 Å². The minimum atomic E-state index is -3.65. The van der Waals surface area contributed by atoms with Gasteiger partial charge in [0.2, 0.25) is 10.0 Å². The Morgan fingerprint density at radius 2 is 2.05 bits per heavy atom. The molecule has 7 heteroatoms. The van der Waals surface area contributed by atoms with Crippen molar-refractivity contribution in [2.24, 2.45) is 0 Å². The molecule has 0 unspecified atom stereocenters. The lowest BCUT2D eigenvalue weighted by Gasteiger charge is -2.25. The molecule has 3 rings (SSSR count). The highest BCUT2D eigenvalue weighted by atomic mass is 79.9. The van der Waals surface area contributed by atoms with E-state index < -0.39 is 16.1 Å². The Morgan fingerprint density at radius 1 is 1.23 bits per heavy atom. The van der Waals surface area contributed by atoms with Gasteiger partial charge in [0.05, 0.1) is 4.90 Å². The van der Waals surface area contributed by atoms with Crippen LogP contribution >= 0.6 is 27.7 Å². The zero-order valence-corrected chi connectivity index (χ0v) is 14.6. The second-order valence-electron chi connectivity index (χ2n) is 4.95. The van der Waals surface area contributed by atoms with Crippen LogP contribution in [0, 0.1) is 5.82 Å². The Kier molecular flexibility index (Phi) is 4.59. The molecule has 3 nitrogen and oxygen atoms in total. The number of benzene rings is 2. The van der Waals surface area contributed by atoms with E-state index >= 15 is 0 Å². The molecule has 0 amide bonds. The predicted octanol–water partition coefficient (Wildman–Crippen LogP) is 4.10. The molecule has 1 aliphatic rings. The van der Waals surface area contributed by atoms with Gasteiger partial charge in [-0.2, -0.15) is 0 Å². The van der Waals surface area contributed by atoms with Crippen molar-refractivity contribution in [3.05, 3.63) is 58.3 Å². The molecule has 116 valence electrons. The summed E-state index contributed by atoms with van der Waals surface area (Å²) in [6.07, 6.45) is 0.633. The van der Waals surface area contributed by atoms with Gasteiger partial charge >= 0.3 is 0 Å². The van der Waals surface area contributed by atoms with Crippen LogP contribution in [0.25, 0.3) is 0 Å². The van der Waals surface area contributed by atoms with E-state index in [0.29, 0.717) is 16.5 Å². The summed E-state index contributed by atoms with van der Waals surface area (Å²) in [6, 6.07) is 10.6. The fourth-order valence-electron chi connectivity index (χ4n) is 2.38. The molecule has 1 atom stereocenters. The van der Waals surface area contributed by atoms with E-state index in [1.165, 1.54) is 18.2 Å². The van der Waals surface area contributed by atoms with E-state index in [1.54, 1.807) is 36.0 Å². The molecule has 2 aromatic carbocycles. The summed E-state index contributed by atoms with van der Waals surface area (Å²) in [5, 5.41) is 0. The van der Waals surface area contributed by atoms with Crippen LogP contribution in [0.2, 0.25) is 0 Å². The Labute approximate surface area is 141 Å². The third kappa shape index (κ3) is 3.37. The van der Waals surface area contributed by atoms with Gasteiger partial charge in [-0.3, -0.25) is 0 Å². The predicted molar refractivity (Wildman–Crippen MR) is 88.9 cm³/mol. The van der Waals surface area contributed by atoms with Crippen LogP contribution < -0.4 is 4.72 Å². The number of rotatable bonds is 3. The molecule has 2 aromatic rings. The SMILES string of the molecule is O=S(=O)(N[C@H]1CCSc2ccc(F)cc21)c1cccc(Br)c1. The Balaban J connectivity index is 1.93. The van der Waals surface area contributed by atoms with Gasteiger partial charge in [0, 0.05) is 15.4 Å². The lowest BCUT2D eigenvalue weighted by molar-refractivity contribution is 0.541. The molecule has 0 bridgehead atoms. The third-order valence-electron chi connectivity index (χ3n) is 3.42. The zero-order chi connectivity index (χ0) is 15.7. The van der Waals surface area contributed by atoms with Gasteiger partial charge in [0.15, 0.2) is 0 Å². The molecule has 0 spiro atoms. The number of hydrogen-bond acceptors (Lipinski definition) is 3. The highest BCUT2D eigenvalue weighted by Gasteiger charge is 2.26. The largest absolute Gasteiger partial charge is 0.241 e. The number of hydrogen-bond donors (Lipinski definition) is 1. The molecule has 0 saturated heterocycles. The Bertz CT molecular complexity index is 811. The number of sulfonamides is 1. The maximum Gasteiger partial charge on any atom is 0.241 e. The molecule has 0 fully saturated rings. The van der Waals surface area contributed by atoms with Crippen LogP contribution in [-0.4, -0.2) is 14.2 Å². The third-order valence-corrected chi connectivity index (χ3v) is 6.50. The van der Waals surface area contributed by atoms with Gasteiger partial charge in [-0.25, -0.2) is 17.5 Å².